The molecule has 2 aromatic heterocycles. The number of nitrogens with zero attached hydrogens (tertiary/aromatic N) is 4. The molecule has 0 unspecified atom stereocenters. The largest absolute Gasteiger partial charge is 0.444 e. The van der Waals surface area contributed by atoms with Crippen LogP contribution in [0.15, 0.2) is 54.4 Å². The van der Waals surface area contributed by atoms with Crippen molar-refractivity contribution in [2.75, 3.05) is 17.6 Å². The number of aromatic nitrogens is 3. The highest BCUT2D eigenvalue weighted by Crippen LogP contribution is 2.33. The average Bonchev–Trinajstić information content (AvgIpc) is 2.89. The molecule has 4 rings (SSSR count). The van der Waals surface area contributed by atoms with E-state index in [1.54, 1.807) is 17.2 Å². The first-order valence-corrected chi connectivity index (χ1v) is 13.7. The summed E-state index contributed by atoms with van der Waals surface area (Å²) in [6, 6.07) is 5.47. The molecule has 1 atom stereocenters. The summed E-state index contributed by atoms with van der Waals surface area (Å²) >= 11 is 0. The Kier molecular flexibility index (Phi) is 8.60. The summed E-state index contributed by atoms with van der Waals surface area (Å²) in [6.45, 7) is 13.7. The number of rotatable bonds is 6. The number of carbonyl (C=O) groups is 2. The maximum atomic E-state index is 13.6. The van der Waals surface area contributed by atoms with Gasteiger partial charge in [-0.05, 0) is 88.6 Å². The fourth-order valence-electron chi connectivity index (χ4n) is 5.27. The summed E-state index contributed by atoms with van der Waals surface area (Å²) in [6.07, 6.45) is 9.20. The van der Waals surface area contributed by atoms with Crippen LogP contribution < -0.4 is 16.6 Å². The molecule has 0 aliphatic carbocycles. The molecule has 3 heterocycles. The molecule has 10 heteroatoms. The third kappa shape index (κ3) is 6.65. The van der Waals surface area contributed by atoms with Crippen LogP contribution in [0.1, 0.15) is 78.7 Å². The lowest BCUT2D eigenvalue weighted by atomic mass is 9.96. The van der Waals surface area contributed by atoms with Gasteiger partial charge < -0.3 is 20.7 Å². The van der Waals surface area contributed by atoms with Gasteiger partial charge in [-0.1, -0.05) is 18.2 Å². The number of anilines is 2. The molecule has 10 nitrogen and oxygen atoms in total. The lowest BCUT2D eigenvalue weighted by molar-refractivity contribution is 0.00947. The number of likely N-dealkylation sites (tertiary alicyclic amines) is 1. The van der Waals surface area contributed by atoms with E-state index in [9.17, 15) is 14.4 Å². The molecular formula is C31H38N6O4. The van der Waals surface area contributed by atoms with Gasteiger partial charge in [0, 0.05) is 12.7 Å². The zero-order chi connectivity index (χ0) is 29.9. The number of nitrogens with two attached hydrogens (primary N) is 1. The van der Waals surface area contributed by atoms with Gasteiger partial charge in [0.25, 0.3) is 11.5 Å². The molecule has 3 N–H and O–H groups in total. The minimum atomic E-state index is -0.695. The van der Waals surface area contributed by atoms with Crippen molar-refractivity contribution in [3.63, 3.8) is 0 Å². The van der Waals surface area contributed by atoms with Crippen molar-refractivity contribution in [1.29, 1.82) is 0 Å². The second-order valence-corrected chi connectivity index (χ2v) is 11.4. The zero-order valence-electron chi connectivity index (χ0n) is 24.4. The number of nitrogen functional groups attached to an aromatic ring is 1. The number of ether oxygens (including phenoxy) is 1. The summed E-state index contributed by atoms with van der Waals surface area (Å²) in [5.41, 5.74) is 9.16. The first-order valence-electron chi connectivity index (χ1n) is 13.7. The molecule has 2 amide bonds. The van der Waals surface area contributed by atoms with Gasteiger partial charge in [-0.3, -0.25) is 19.1 Å². The highest BCUT2D eigenvalue weighted by molar-refractivity contribution is 6.06. The smallest absolute Gasteiger partial charge is 0.410 e. The number of amides is 2. The van der Waals surface area contributed by atoms with Gasteiger partial charge in [-0.25, -0.2) is 9.78 Å². The number of piperidine rings is 1. The first kappa shape index (κ1) is 29.5. The standard InChI is InChI=1S/C31H38N6O4/c1-7-10-21-13-19(2)26(20(3)14-21)37-18-34-27(32)25(29(37)39)28(38)35-23-15-22(16-33-17-23)24-11-8-9-12-36(24)30(40)41-31(4,5)6/h7,13-18,24H,1,8-12,32H2,2-6H3,(H,35,38)/t24-/m1/s1. The second kappa shape index (κ2) is 12.0. The number of hydrogen-bond acceptors (Lipinski definition) is 7. The Bertz CT molecular complexity index is 1520. The number of allylic oxidation sites excluding steroid dienone is 1. The Morgan fingerprint density at radius 1 is 1.17 bits per heavy atom. The molecule has 0 radical (unpaired) electrons. The topological polar surface area (TPSA) is 132 Å². The van der Waals surface area contributed by atoms with Crippen LogP contribution in [0.4, 0.5) is 16.3 Å². The highest BCUT2D eigenvalue weighted by Gasteiger charge is 2.32. The van der Waals surface area contributed by atoms with E-state index >= 15 is 0 Å². The van der Waals surface area contributed by atoms with Gasteiger partial charge in [-0.2, -0.15) is 0 Å². The minimum Gasteiger partial charge on any atom is -0.444 e. The van der Waals surface area contributed by atoms with Crippen LogP contribution in [0, 0.1) is 13.8 Å². The zero-order valence-corrected chi connectivity index (χ0v) is 24.4. The van der Waals surface area contributed by atoms with Gasteiger partial charge in [0.15, 0.2) is 0 Å². The Morgan fingerprint density at radius 2 is 1.88 bits per heavy atom. The van der Waals surface area contributed by atoms with Crippen LogP contribution in [-0.4, -0.2) is 43.6 Å². The van der Waals surface area contributed by atoms with Crippen LogP contribution >= 0.6 is 0 Å². The fourth-order valence-corrected chi connectivity index (χ4v) is 5.27. The number of hydrogen-bond donors (Lipinski definition) is 2. The van der Waals surface area contributed by atoms with Crippen molar-refractivity contribution in [1.82, 2.24) is 19.4 Å². The molecule has 3 aromatic rings. The van der Waals surface area contributed by atoms with Gasteiger partial charge in [0.05, 0.1) is 23.6 Å². The number of benzene rings is 1. The number of nitrogens with one attached hydrogen (secondary N) is 1. The normalized spacial score (nSPS) is 15.3. The number of aryl methyl sites for hydroxylation is 2. The van der Waals surface area contributed by atoms with Crippen LogP contribution in [0.25, 0.3) is 5.69 Å². The van der Waals surface area contributed by atoms with Crippen molar-refractivity contribution in [3.05, 3.63) is 87.7 Å². The summed E-state index contributed by atoms with van der Waals surface area (Å²) < 4.78 is 6.98. The molecule has 0 bridgehead atoms. The van der Waals surface area contributed by atoms with Crippen molar-refractivity contribution >= 4 is 23.5 Å². The molecule has 216 valence electrons. The Hall–Kier alpha value is -4.47. The predicted molar refractivity (Wildman–Crippen MR) is 159 cm³/mol. The van der Waals surface area contributed by atoms with E-state index in [4.69, 9.17) is 10.5 Å². The van der Waals surface area contributed by atoms with Crippen molar-refractivity contribution in [2.45, 2.75) is 71.9 Å². The lowest BCUT2D eigenvalue weighted by Gasteiger charge is -2.37. The fraction of sp³-hybridized carbons (Fsp3) is 0.387. The second-order valence-electron chi connectivity index (χ2n) is 11.4. The molecule has 1 aromatic carbocycles. The Morgan fingerprint density at radius 3 is 2.54 bits per heavy atom. The molecule has 1 aliphatic rings. The molecule has 41 heavy (non-hydrogen) atoms. The van der Waals surface area contributed by atoms with Gasteiger partial charge in [0.2, 0.25) is 0 Å². The maximum Gasteiger partial charge on any atom is 0.410 e. The molecule has 0 saturated carbocycles. The van der Waals surface area contributed by atoms with E-state index in [0.717, 1.165) is 41.5 Å². The maximum absolute atomic E-state index is 13.6. The van der Waals surface area contributed by atoms with E-state index < -0.39 is 17.1 Å². The SMILES string of the molecule is C=CCc1cc(C)c(-n2cnc(N)c(C(=O)Nc3cncc([C@H]4CCCCN4C(=O)OC(C)(C)C)c3)c2=O)c(C)c1. The van der Waals surface area contributed by atoms with Crippen LogP contribution in [0.3, 0.4) is 0 Å². The third-order valence-corrected chi connectivity index (χ3v) is 6.93. The number of carbonyl (C=O) groups excluding carboxylic acids is 2. The first-order chi connectivity index (χ1) is 19.4. The van der Waals surface area contributed by atoms with E-state index in [1.165, 1.54) is 17.1 Å². The summed E-state index contributed by atoms with van der Waals surface area (Å²) in [4.78, 5) is 50.1. The van der Waals surface area contributed by atoms with E-state index in [-0.39, 0.29) is 23.5 Å². The summed E-state index contributed by atoms with van der Waals surface area (Å²) in [5, 5.41) is 2.75. The Labute approximate surface area is 240 Å². The molecule has 0 spiro atoms. The molecule has 1 fully saturated rings. The van der Waals surface area contributed by atoms with Crippen LogP contribution in [-0.2, 0) is 11.2 Å². The van der Waals surface area contributed by atoms with Crippen molar-refractivity contribution in [2.24, 2.45) is 0 Å². The molecular weight excluding hydrogens is 520 g/mol. The average molecular weight is 559 g/mol. The van der Waals surface area contributed by atoms with E-state index in [1.807, 2.05) is 52.8 Å². The quantitative estimate of drug-likeness (QED) is 0.394. The monoisotopic (exact) mass is 558 g/mol. The van der Waals surface area contributed by atoms with Crippen molar-refractivity contribution < 1.29 is 14.3 Å². The predicted octanol–water partition coefficient (Wildman–Crippen LogP) is 5.27. The highest BCUT2D eigenvalue weighted by atomic mass is 16.6. The minimum absolute atomic E-state index is 0.171. The van der Waals surface area contributed by atoms with Crippen LogP contribution in [0.2, 0.25) is 0 Å². The molecule has 1 aliphatic heterocycles. The van der Waals surface area contributed by atoms with Crippen molar-refractivity contribution in [3.8, 4) is 5.69 Å². The van der Waals surface area contributed by atoms with E-state index in [2.05, 4.69) is 21.9 Å². The van der Waals surface area contributed by atoms with Gasteiger partial charge >= 0.3 is 6.09 Å². The van der Waals surface area contributed by atoms with Gasteiger partial charge in [0.1, 0.15) is 23.3 Å². The van der Waals surface area contributed by atoms with Gasteiger partial charge in [-0.15, -0.1) is 6.58 Å². The molecule has 1 saturated heterocycles. The summed E-state index contributed by atoms with van der Waals surface area (Å²) in [5.74, 6) is -0.866. The van der Waals surface area contributed by atoms with E-state index in [0.29, 0.717) is 24.3 Å². The summed E-state index contributed by atoms with van der Waals surface area (Å²) in [7, 11) is 0. The number of pyridine rings is 1. The third-order valence-electron chi connectivity index (χ3n) is 6.93. The lowest BCUT2D eigenvalue weighted by Crippen LogP contribution is -2.41. The Balaban J connectivity index is 1.63. The van der Waals surface area contributed by atoms with Crippen LogP contribution in [0.5, 0.6) is 0 Å².